The zero-order chi connectivity index (χ0) is 17.1. The third kappa shape index (κ3) is 19.9. The summed E-state index contributed by atoms with van der Waals surface area (Å²) in [6.07, 6.45) is 3.30. The van der Waals surface area contributed by atoms with Gasteiger partial charge >= 0.3 is 92.9 Å². The number of carboxylic acids is 4. The van der Waals surface area contributed by atoms with Crippen LogP contribution in [0.3, 0.4) is 0 Å². The Morgan fingerprint density at radius 1 is 1.04 bits per heavy atom. The number of carboxylic acid groups (broad SMARTS) is 4. The zero-order valence-corrected chi connectivity index (χ0v) is 18.1. The molecule has 0 amide bonds. The fraction of sp³-hybridized carbons (Fsp3) is 0.333. The Bertz CT molecular complexity index is 443. The normalized spacial score (nSPS) is 12.1. The van der Waals surface area contributed by atoms with Crippen LogP contribution < -0.4 is 91.2 Å². The van der Waals surface area contributed by atoms with Gasteiger partial charge in [0.1, 0.15) is 0 Å². The molecule has 0 aliphatic carbocycles. The first-order chi connectivity index (χ1) is 9.55. The van der Waals surface area contributed by atoms with Gasteiger partial charge in [0.25, 0.3) is 0 Å². The summed E-state index contributed by atoms with van der Waals surface area (Å²) in [5.41, 5.74) is -2.80. The number of aliphatic hydroxyl groups is 1. The van der Waals surface area contributed by atoms with Crippen molar-refractivity contribution in [1.29, 1.82) is 0 Å². The first-order valence-corrected chi connectivity index (χ1v) is 5.43. The third-order valence-electron chi connectivity index (χ3n) is 1.81. The summed E-state index contributed by atoms with van der Waals surface area (Å²) in [6, 6.07) is 0. The minimum Gasteiger partial charge on any atom is -0.550 e. The van der Waals surface area contributed by atoms with Crippen LogP contribution in [-0.2, 0) is 19.2 Å². The Kier molecular flexibility index (Phi) is 22.5. The number of allylic oxidation sites excluding steroid dienone is 3. The summed E-state index contributed by atoms with van der Waals surface area (Å²) in [5, 5.41) is 45.1. The molecule has 0 spiro atoms. The summed E-state index contributed by atoms with van der Waals surface area (Å²) < 4.78 is 0. The van der Waals surface area contributed by atoms with Crippen LogP contribution >= 0.6 is 0 Å². The average molecular weight is 364 g/mol. The van der Waals surface area contributed by atoms with Gasteiger partial charge in [-0.15, -0.1) is 0 Å². The fourth-order valence-electron chi connectivity index (χ4n) is 0.948. The Morgan fingerprint density at radius 2 is 1.52 bits per heavy atom. The molecule has 0 radical (unpaired) electrons. The number of carbonyl (C=O) groups is 4. The van der Waals surface area contributed by atoms with E-state index in [1.165, 1.54) is 6.08 Å². The second kappa shape index (κ2) is 16.8. The molecule has 0 aliphatic rings. The summed E-state index contributed by atoms with van der Waals surface area (Å²) in [7, 11) is 0. The van der Waals surface area contributed by atoms with E-state index < -0.39 is 42.3 Å². The van der Waals surface area contributed by atoms with E-state index in [1.807, 2.05) is 0 Å². The number of carbonyl (C=O) groups excluding carboxylic acids is 2. The molecule has 0 bridgehead atoms. The second-order valence-electron chi connectivity index (χ2n) is 3.66. The quantitative estimate of drug-likeness (QED) is 0.225. The Hall–Kier alpha value is -0.0436. The van der Waals surface area contributed by atoms with Gasteiger partial charge in [0.2, 0.25) is 0 Å². The molecule has 0 saturated heterocycles. The Balaban J connectivity index is -0.000000158. The number of aliphatic carboxylic acids is 4. The maximum atomic E-state index is 10.3. The van der Waals surface area contributed by atoms with Crippen molar-refractivity contribution in [3.05, 3.63) is 24.3 Å². The largest absolute Gasteiger partial charge is 1.00 e. The van der Waals surface area contributed by atoms with Gasteiger partial charge in [0.05, 0.1) is 12.4 Å². The molecule has 0 heterocycles. The maximum Gasteiger partial charge on any atom is 1.00 e. The van der Waals surface area contributed by atoms with E-state index in [9.17, 15) is 29.4 Å². The summed E-state index contributed by atoms with van der Waals surface area (Å²) in [6.45, 7) is 1.81. The van der Waals surface area contributed by atoms with Gasteiger partial charge in [-0.3, -0.25) is 4.79 Å². The van der Waals surface area contributed by atoms with Gasteiger partial charge in [-0.2, -0.15) is 0 Å². The SMILES string of the molecule is CC=CC=CC(=O)[O-].O=C([O-])CC(O)(CC(=O)O)C(=O)O.[K+].[Na+]. The van der Waals surface area contributed by atoms with Crippen LogP contribution in [0.4, 0.5) is 0 Å². The summed E-state index contributed by atoms with van der Waals surface area (Å²) in [4.78, 5) is 40.0. The van der Waals surface area contributed by atoms with Gasteiger partial charge < -0.3 is 35.1 Å². The van der Waals surface area contributed by atoms with Crippen LogP contribution in [0.5, 0.6) is 0 Å². The molecule has 0 aromatic carbocycles. The average Bonchev–Trinajstić information content (AvgIpc) is 2.27. The van der Waals surface area contributed by atoms with Crippen molar-refractivity contribution in [3.8, 4) is 0 Å². The molecule has 23 heavy (non-hydrogen) atoms. The van der Waals surface area contributed by atoms with Gasteiger partial charge in [-0.25, -0.2) is 4.79 Å². The molecule has 9 nitrogen and oxygen atoms in total. The van der Waals surface area contributed by atoms with E-state index in [-0.39, 0.29) is 80.9 Å². The zero-order valence-electron chi connectivity index (χ0n) is 13.0. The molecular formula is C12H14KNaO9. The monoisotopic (exact) mass is 364 g/mol. The fourth-order valence-corrected chi connectivity index (χ4v) is 0.948. The molecule has 0 saturated carbocycles. The molecule has 3 N–H and O–H groups in total. The minimum atomic E-state index is -2.80. The van der Waals surface area contributed by atoms with Gasteiger partial charge in [-0.05, 0) is 13.0 Å². The molecule has 0 aromatic rings. The van der Waals surface area contributed by atoms with Crippen LogP contribution in [0.2, 0.25) is 0 Å². The molecule has 0 fully saturated rings. The molecule has 1 atom stereocenters. The molecule has 0 aliphatic heterocycles. The van der Waals surface area contributed by atoms with Gasteiger partial charge in [0, 0.05) is 12.4 Å². The van der Waals surface area contributed by atoms with Crippen molar-refractivity contribution in [2.75, 3.05) is 0 Å². The van der Waals surface area contributed by atoms with E-state index >= 15 is 0 Å². The first kappa shape index (κ1) is 30.8. The van der Waals surface area contributed by atoms with Gasteiger partial charge in [0.15, 0.2) is 5.60 Å². The number of rotatable bonds is 7. The minimum absolute atomic E-state index is 0. The predicted octanol–water partition coefficient (Wildman–Crippen LogP) is -8.71. The summed E-state index contributed by atoms with van der Waals surface area (Å²) >= 11 is 0. The van der Waals surface area contributed by atoms with E-state index in [0.29, 0.717) is 0 Å². The Labute approximate surface area is 196 Å². The Morgan fingerprint density at radius 3 is 1.78 bits per heavy atom. The van der Waals surface area contributed by atoms with Crippen LogP contribution in [0.1, 0.15) is 19.8 Å². The van der Waals surface area contributed by atoms with Gasteiger partial charge in [-0.1, -0.05) is 18.2 Å². The van der Waals surface area contributed by atoms with Crippen LogP contribution in [0.25, 0.3) is 0 Å². The van der Waals surface area contributed by atoms with Crippen molar-refractivity contribution in [2.24, 2.45) is 0 Å². The van der Waals surface area contributed by atoms with E-state index in [2.05, 4.69) is 0 Å². The van der Waals surface area contributed by atoms with Crippen molar-refractivity contribution in [1.82, 2.24) is 0 Å². The smallest absolute Gasteiger partial charge is 0.550 e. The summed E-state index contributed by atoms with van der Waals surface area (Å²) in [5.74, 6) is -6.50. The predicted molar refractivity (Wildman–Crippen MR) is 63.4 cm³/mol. The third-order valence-corrected chi connectivity index (χ3v) is 1.81. The standard InChI is InChI=1S/C6H8O7.C6H8O2.K.Na/c7-3(8)1-6(13,5(11)12)2-4(9)10;1-2-3-4-5-6(7)8;;/h13H,1-2H2,(H,7,8)(H,9,10)(H,11,12);2-5H,1H3,(H,7,8);;/q;;2*+1/p-2. The van der Waals surface area contributed by atoms with E-state index in [4.69, 9.17) is 15.3 Å². The molecule has 118 valence electrons. The molecule has 11 heteroatoms. The van der Waals surface area contributed by atoms with E-state index in [1.54, 1.807) is 19.1 Å². The molecule has 0 rings (SSSR count). The van der Waals surface area contributed by atoms with Crippen LogP contribution in [0.15, 0.2) is 24.3 Å². The van der Waals surface area contributed by atoms with E-state index in [0.717, 1.165) is 6.08 Å². The van der Waals surface area contributed by atoms with Crippen molar-refractivity contribution < 1.29 is 126 Å². The van der Waals surface area contributed by atoms with Crippen molar-refractivity contribution >= 4 is 23.9 Å². The molecule has 0 aromatic heterocycles. The molecular weight excluding hydrogens is 350 g/mol. The van der Waals surface area contributed by atoms with Crippen molar-refractivity contribution in [3.63, 3.8) is 0 Å². The maximum absolute atomic E-state index is 10.3. The van der Waals surface area contributed by atoms with Crippen LogP contribution in [-0.4, -0.2) is 44.8 Å². The molecule has 1 unspecified atom stereocenters. The number of hydrogen-bond donors (Lipinski definition) is 3. The topological polar surface area (TPSA) is 175 Å². The second-order valence-corrected chi connectivity index (χ2v) is 3.66. The van der Waals surface area contributed by atoms with Crippen molar-refractivity contribution in [2.45, 2.75) is 25.4 Å². The first-order valence-electron chi connectivity index (χ1n) is 5.43. The van der Waals surface area contributed by atoms with Crippen LogP contribution in [0, 0.1) is 0 Å². The number of hydrogen-bond acceptors (Lipinski definition) is 7.